The quantitative estimate of drug-likeness (QED) is 0.801. The van der Waals surface area contributed by atoms with E-state index in [9.17, 15) is 4.79 Å². The predicted octanol–water partition coefficient (Wildman–Crippen LogP) is 2.69. The van der Waals surface area contributed by atoms with Crippen LogP contribution >= 0.6 is 11.3 Å². The van der Waals surface area contributed by atoms with Crippen LogP contribution in [0, 0.1) is 0 Å². The molecule has 1 unspecified atom stereocenters. The molecule has 0 aromatic carbocycles. The van der Waals surface area contributed by atoms with E-state index in [1.54, 1.807) is 29.9 Å². The van der Waals surface area contributed by atoms with E-state index >= 15 is 0 Å². The number of amides is 1. The van der Waals surface area contributed by atoms with Gasteiger partial charge in [0, 0.05) is 12.7 Å². The van der Waals surface area contributed by atoms with E-state index in [-0.39, 0.29) is 11.9 Å². The molecule has 23 heavy (non-hydrogen) atoms. The number of thiophene rings is 1. The highest BCUT2D eigenvalue weighted by molar-refractivity contribution is 7.16. The molecule has 4 rings (SSSR count). The summed E-state index contributed by atoms with van der Waals surface area (Å²) >= 11 is 1.58. The van der Waals surface area contributed by atoms with Gasteiger partial charge in [-0.15, -0.1) is 11.3 Å². The van der Waals surface area contributed by atoms with Gasteiger partial charge in [0.2, 0.25) is 5.91 Å². The van der Waals surface area contributed by atoms with Gasteiger partial charge in [0.05, 0.1) is 5.39 Å². The Kier molecular flexibility index (Phi) is 3.63. The van der Waals surface area contributed by atoms with Gasteiger partial charge in [-0.3, -0.25) is 4.79 Å². The minimum atomic E-state index is -0.227. The molecule has 1 aliphatic rings. The Labute approximate surface area is 137 Å². The average molecular weight is 325 g/mol. The summed E-state index contributed by atoms with van der Waals surface area (Å²) in [5.41, 5.74) is 0. The molecule has 0 spiro atoms. The molecule has 0 radical (unpaired) electrons. The summed E-state index contributed by atoms with van der Waals surface area (Å²) in [6.07, 6.45) is 5.02. The van der Waals surface area contributed by atoms with Crippen molar-refractivity contribution in [2.75, 3.05) is 16.8 Å². The maximum atomic E-state index is 12.6. The van der Waals surface area contributed by atoms with Crippen molar-refractivity contribution in [3.8, 4) is 0 Å². The molecule has 4 heterocycles. The lowest BCUT2D eigenvalue weighted by molar-refractivity contribution is -0.117. The van der Waals surface area contributed by atoms with Gasteiger partial charge < -0.3 is 10.2 Å². The van der Waals surface area contributed by atoms with Crippen molar-refractivity contribution in [3.63, 3.8) is 0 Å². The van der Waals surface area contributed by atoms with Crippen LogP contribution < -0.4 is 10.2 Å². The van der Waals surface area contributed by atoms with Gasteiger partial charge in [0.1, 0.15) is 28.8 Å². The van der Waals surface area contributed by atoms with E-state index in [2.05, 4.69) is 25.2 Å². The molecule has 7 heteroatoms. The van der Waals surface area contributed by atoms with E-state index in [1.165, 1.54) is 0 Å². The summed E-state index contributed by atoms with van der Waals surface area (Å²) < 4.78 is 0. The van der Waals surface area contributed by atoms with Gasteiger partial charge in [-0.05, 0) is 36.4 Å². The standard InChI is InChI=1S/C16H15N5OS/c22-15(20-13-5-1-2-7-17-13)12-4-3-8-21(12)14-11-6-9-23-16(11)19-10-18-14/h1-2,5-7,9-10,12H,3-4,8H2,(H,17,20,22). The summed E-state index contributed by atoms with van der Waals surface area (Å²) in [5.74, 6) is 1.38. The number of pyridine rings is 1. The zero-order valence-electron chi connectivity index (χ0n) is 12.3. The first-order valence-corrected chi connectivity index (χ1v) is 8.37. The van der Waals surface area contributed by atoms with Crippen LogP contribution in [0.2, 0.25) is 0 Å². The third-order valence-electron chi connectivity index (χ3n) is 3.98. The SMILES string of the molecule is O=C(Nc1ccccn1)C1CCCN1c1ncnc2sccc12. The second kappa shape index (κ2) is 5.92. The normalized spacial score (nSPS) is 17.6. The van der Waals surface area contributed by atoms with Crippen LogP contribution in [0.4, 0.5) is 11.6 Å². The number of rotatable bonds is 3. The van der Waals surface area contributed by atoms with E-state index < -0.39 is 0 Å². The molecule has 0 saturated carbocycles. The lowest BCUT2D eigenvalue weighted by Crippen LogP contribution is -2.40. The lowest BCUT2D eigenvalue weighted by atomic mass is 10.2. The monoisotopic (exact) mass is 325 g/mol. The maximum absolute atomic E-state index is 12.6. The number of aromatic nitrogens is 3. The summed E-state index contributed by atoms with van der Waals surface area (Å²) in [5, 5.41) is 5.90. The van der Waals surface area contributed by atoms with E-state index in [1.807, 2.05) is 23.6 Å². The van der Waals surface area contributed by atoms with Gasteiger partial charge in [-0.25, -0.2) is 15.0 Å². The largest absolute Gasteiger partial charge is 0.344 e. The molecule has 3 aromatic rings. The van der Waals surface area contributed by atoms with Gasteiger partial charge in [-0.1, -0.05) is 6.07 Å². The van der Waals surface area contributed by atoms with Gasteiger partial charge in [0.25, 0.3) is 0 Å². The fourth-order valence-electron chi connectivity index (χ4n) is 2.94. The molecular formula is C16H15N5OS. The fraction of sp³-hybridized carbons (Fsp3) is 0.250. The number of nitrogens with zero attached hydrogens (tertiary/aromatic N) is 4. The van der Waals surface area contributed by atoms with Gasteiger partial charge in [-0.2, -0.15) is 0 Å². The summed E-state index contributed by atoms with van der Waals surface area (Å²) in [4.78, 5) is 28.5. The van der Waals surface area contributed by atoms with E-state index in [0.717, 1.165) is 35.4 Å². The molecule has 1 fully saturated rings. The number of hydrogen-bond acceptors (Lipinski definition) is 6. The maximum Gasteiger partial charge on any atom is 0.248 e. The second-order valence-electron chi connectivity index (χ2n) is 5.39. The molecule has 0 bridgehead atoms. The van der Waals surface area contributed by atoms with E-state index in [4.69, 9.17) is 0 Å². The molecule has 3 aromatic heterocycles. The number of carbonyl (C=O) groups is 1. The van der Waals surface area contributed by atoms with Crippen molar-refractivity contribution in [2.24, 2.45) is 0 Å². The summed E-state index contributed by atoms with van der Waals surface area (Å²) in [6, 6.07) is 7.26. The molecule has 1 amide bonds. The zero-order valence-corrected chi connectivity index (χ0v) is 13.2. The molecule has 6 nitrogen and oxygen atoms in total. The van der Waals surface area contributed by atoms with E-state index in [0.29, 0.717) is 5.82 Å². The Bertz CT molecular complexity index is 835. The van der Waals surface area contributed by atoms with Crippen molar-refractivity contribution in [3.05, 3.63) is 42.2 Å². The van der Waals surface area contributed by atoms with Crippen LogP contribution in [-0.4, -0.2) is 33.4 Å². The van der Waals surface area contributed by atoms with Crippen LogP contribution in [-0.2, 0) is 4.79 Å². The van der Waals surface area contributed by atoms with Crippen LogP contribution in [0.1, 0.15) is 12.8 Å². The molecule has 0 aliphatic carbocycles. The van der Waals surface area contributed by atoms with Crippen molar-refractivity contribution in [2.45, 2.75) is 18.9 Å². The highest BCUT2D eigenvalue weighted by atomic mass is 32.1. The van der Waals surface area contributed by atoms with Crippen LogP contribution in [0.3, 0.4) is 0 Å². The summed E-state index contributed by atoms with van der Waals surface area (Å²) in [6.45, 7) is 0.822. The number of hydrogen-bond donors (Lipinski definition) is 1. The highest BCUT2D eigenvalue weighted by Crippen LogP contribution is 2.31. The zero-order chi connectivity index (χ0) is 15.6. The first-order chi connectivity index (χ1) is 11.3. The molecule has 1 aliphatic heterocycles. The van der Waals surface area contributed by atoms with Crippen LogP contribution in [0.25, 0.3) is 10.2 Å². The first kappa shape index (κ1) is 14.1. The van der Waals surface area contributed by atoms with Crippen LogP contribution in [0.5, 0.6) is 0 Å². The molecule has 1 N–H and O–H groups in total. The minimum Gasteiger partial charge on any atom is -0.344 e. The third kappa shape index (κ3) is 2.63. The molecule has 1 atom stereocenters. The summed E-state index contributed by atoms with van der Waals surface area (Å²) in [7, 11) is 0. The first-order valence-electron chi connectivity index (χ1n) is 7.50. The Morgan fingerprint density at radius 2 is 2.22 bits per heavy atom. The average Bonchev–Trinajstić information content (AvgIpc) is 3.24. The Morgan fingerprint density at radius 1 is 1.26 bits per heavy atom. The van der Waals surface area contributed by atoms with Crippen LogP contribution in [0.15, 0.2) is 42.2 Å². The fourth-order valence-corrected chi connectivity index (χ4v) is 3.67. The van der Waals surface area contributed by atoms with Gasteiger partial charge in [0.15, 0.2) is 0 Å². The topological polar surface area (TPSA) is 71.0 Å². The lowest BCUT2D eigenvalue weighted by Gasteiger charge is -2.25. The second-order valence-corrected chi connectivity index (χ2v) is 6.29. The van der Waals surface area contributed by atoms with Crippen molar-refractivity contribution in [1.82, 2.24) is 15.0 Å². The van der Waals surface area contributed by atoms with Crippen molar-refractivity contribution in [1.29, 1.82) is 0 Å². The van der Waals surface area contributed by atoms with Gasteiger partial charge >= 0.3 is 0 Å². The third-order valence-corrected chi connectivity index (χ3v) is 4.81. The Morgan fingerprint density at radius 3 is 3.09 bits per heavy atom. The predicted molar refractivity (Wildman–Crippen MR) is 90.6 cm³/mol. The van der Waals surface area contributed by atoms with Crippen molar-refractivity contribution >= 4 is 39.1 Å². The number of carbonyl (C=O) groups excluding carboxylic acids is 1. The highest BCUT2D eigenvalue weighted by Gasteiger charge is 2.32. The number of nitrogens with one attached hydrogen (secondary N) is 1. The number of fused-ring (bicyclic) bond motifs is 1. The smallest absolute Gasteiger partial charge is 0.248 e. The Balaban J connectivity index is 1.61. The Hall–Kier alpha value is -2.54. The number of anilines is 2. The molecular weight excluding hydrogens is 310 g/mol. The van der Waals surface area contributed by atoms with Crippen molar-refractivity contribution < 1.29 is 4.79 Å². The molecule has 1 saturated heterocycles. The minimum absolute atomic E-state index is 0.0387. The molecule has 116 valence electrons.